The third-order valence-electron chi connectivity index (χ3n) is 3.42. The molecular formula is C16H27FN2. The van der Waals surface area contributed by atoms with Crippen molar-refractivity contribution in [1.29, 1.82) is 0 Å². The summed E-state index contributed by atoms with van der Waals surface area (Å²) in [7, 11) is 0. The Morgan fingerprint density at radius 1 is 1.21 bits per heavy atom. The molecule has 0 saturated heterocycles. The van der Waals surface area contributed by atoms with E-state index < -0.39 is 0 Å². The summed E-state index contributed by atoms with van der Waals surface area (Å²) in [6, 6.07) is 5.30. The molecule has 1 atom stereocenters. The number of benzene rings is 1. The summed E-state index contributed by atoms with van der Waals surface area (Å²) >= 11 is 0. The lowest BCUT2D eigenvalue weighted by molar-refractivity contribution is 0.580. The largest absolute Gasteiger partial charge is 0.369 e. The van der Waals surface area contributed by atoms with Gasteiger partial charge in [0.2, 0.25) is 0 Å². The fourth-order valence-corrected chi connectivity index (χ4v) is 2.42. The molecule has 0 fully saturated rings. The zero-order valence-corrected chi connectivity index (χ0v) is 12.6. The van der Waals surface area contributed by atoms with Crippen LogP contribution in [0.25, 0.3) is 0 Å². The second-order valence-electron chi connectivity index (χ2n) is 5.46. The Balaban J connectivity index is 3.05. The molecule has 2 nitrogen and oxygen atoms in total. The first-order chi connectivity index (χ1) is 8.99. The Morgan fingerprint density at radius 3 is 2.42 bits per heavy atom. The minimum absolute atomic E-state index is 0.200. The maximum atomic E-state index is 14.0. The highest BCUT2D eigenvalue weighted by Crippen LogP contribution is 2.29. The van der Waals surface area contributed by atoms with Gasteiger partial charge in [0, 0.05) is 29.9 Å². The number of nitrogens with zero attached hydrogens (tertiary/aromatic N) is 1. The number of hydrogen-bond acceptors (Lipinski definition) is 2. The van der Waals surface area contributed by atoms with Gasteiger partial charge in [0.1, 0.15) is 5.82 Å². The van der Waals surface area contributed by atoms with E-state index in [0.717, 1.165) is 18.7 Å². The number of nitrogens with two attached hydrogens (primary N) is 1. The number of unbranched alkanes of at least 4 members (excludes halogenated alkanes) is 2. The van der Waals surface area contributed by atoms with Gasteiger partial charge in [-0.15, -0.1) is 0 Å². The first-order valence-corrected chi connectivity index (χ1v) is 7.29. The van der Waals surface area contributed by atoms with Crippen molar-refractivity contribution in [3.63, 3.8) is 0 Å². The molecule has 0 aliphatic rings. The van der Waals surface area contributed by atoms with Gasteiger partial charge in [-0.3, -0.25) is 0 Å². The van der Waals surface area contributed by atoms with E-state index in [1.807, 2.05) is 13.0 Å². The SMILES string of the molecule is CCCCCN(c1cccc(F)c1[C@H](C)N)C(C)C. The summed E-state index contributed by atoms with van der Waals surface area (Å²) < 4.78 is 14.0. The maximum Gasteiger partial charge on any atom is 0.130 e. The van der Waals surface area contributed by atoms with Crippen molar-refractivity contribution in [3.8, 4) is 0 Å². The van der Waals surface area contributed by atoms with Gasteiger partial charge in [-0.1, -0.05) is 25.8 Å². The van der Waals surface area contributed by atoms with Gasteiger partial charge in [0.25, 0.3) is 0 Å². The molecule has 0 saturated carbocycles. The van der Waals surface area contributed by atoms with Gasteiger partial charge in [-0.05, 0) is 39.3 Å². The van der Waals surface area contributed by atoms with Crippen molar-refractivity contribution in [2.75, 3.05) is 11.4 Å². The molecule has 0 unspecified atom stereocenters. The normalized spacial score (nSPS) is 12.8. The minimum Gasteiger partial charge on any atom is -0.369 e. The highest BCUT2D eigenvalue weighted by molar-refractivity contribution is 5.56. The molecule has 108 valence electrons. The van der Waals surface area contributed by atoms with E-state index in [4.69, 9.17) is 5.73 Å². The predicted octanol–water partition coefficient (Wildman–Crippen LogP) is 4.25. The van der Waals surface area contributed by atoms with Gasteiger partial charge in [-0.2, -0.15) is 0 Å². The van der Waals surface area contributed by atoms with Crippen LogP contribution in [0, 0.1) is 5.82 Å². The van der Waals surface area contributed by atoms with Crippen LogP contribution >= 0.6 is 0 Å². The van der Waals surface area contributed by atoms with E-state index in [-0.39, 0.29) is 11.9 Å². The summed E-state index contributed by atoms with van der Waals surface area (Å²) in [5.74, 6) is -0.200. The summed E-state index contributed by atoms with van der Waals surface area (Å²) in [6.45, 7) is 9.26. The van der Waals surface area contributed by atoms with E-state index in [1.54, 1.807) is 6.07 Å². The molecule has 0 spiro atoms. The van der Waals surface area contributed by atoms with Crippen LogP contribution in [-0.4, -0.2) is 12.6 Å². The van der Waals surface area contributed by atoms with Gasteiger partial charge >= 0.3 is 0 Å². The first kappa shape index (κ1) is 16.0. The van der Waals surface area contributed by atoms with Crippen LogP contribution in [0.4, 0.5) is 10.1 Å². The molecule has 3 heteroatoms. The molecule has 0 radical (unpaired) electrons. The molecule has 1 rings (SSSR count). The molecule has 0 bridgehead atoms. The van der Waals surface area contributed by atoms with Crippen LogP contribution in [0.15, 0.2) is 18.2 Å². The minimum atomic E-state index is -0.288. The number of rotatable bonds is 7. The van der Waals surface area contributed by atoms with Crippen molar-refractivity contribution in [2.45, 2.75) is 59.0 Å². The molecule has 0 aliphatic heterocycles. The first-order valence-electron chi connectivity index (χ1n) is 7.29. The average Bonchev–Trinajstić information content (AvgIpc) is 2.33. The smallest absolute Gasteiger partial charge is 0.130 e. The highest BCUT2D eigenvalue weighted by Gasteiger charge is 2.19. The molecule has 0 heterocycles. The van der Waals surface area contributed by atoms with Crippen LogP contribution < -0.4 is 10.6 Å². The maximum absolute atomic E-state index is 14.0. The highest BCUT2D eigenvalue weighted by atomic mass is 19.1. The van der Waals surface area contributed by atoms with Crippen LogP contribution in [0.1, 0.15) is 58.6 Å². The van der Waals surface area contributed by atoms with Gasteiger partial charge < -0.3 is 10.6 Å². The van der Waals surface area contributed by atoms with E-state index in [1.165, 1.54) is 18.9 Å². The third kappa shape index (κ3) is 4.20. The lowest BCUT2D eigenvalue weighted by Gasteiger charge is -2.32. The molecule has 19 heavy (non-hydrogen) atoms. The van der Waals surface area contributed by atoms with Crippen molar-refractivity contribution in [2.24, 2.45) is 5.73 Å². The lowest BCUT2D eigenvalue weighted by Crippen LogP contribution is -2.33. The monoisotopic (exact) mass is 266 g/mol. The Kier molecular flexibility index (Phi) is 6.29. The van der Waals surface area contributed by atoms with E-state index in [2.05, 4.69) is 25.7 Å². The Bertz CT molecular complexity index is 388. The molecular weight excluding hydrogens is 239 g/mol. The number of halogens is 1. The number of anilines is 1. The second kappa shape index (κ2) is 7.49. The molecule has 1 aromatic carbocycles. The van der Waals surface area contributed by atoms with Crippen molar-refractivity contribution >= 4 is 5.69 Å². The van der Waals surface area contributed by atoms with E-state index in [0.29, 0.717) is 11.6 Å². The van der Waals surface area contributed by atoms with Gasteiger partial charge in [0.05, 0.1) is 0 Å². The summed E-state index contributed by atoms with van der Waals surface area (Å²) in [5.41, 5.74) is 7.52. The Morgan fingerprint density at radius 2 is 1.89 bits per heavy atom. The molecule has 1 aromatic rings. The van der Waals surface area contributed by atoms with Crippen molar-refractivity contribution < 1.29 is 4.39 Å². The van der Waals surface area contributed by atoms with Crippen LogP contribution in [0.2, 0.25) is 0 Å². The summed E-state index contributed by atoms with van der Waals surface area (Å²) in [4.78, 5) is 2.26. The fraction of sp³-hybridized carbons (Fsp3) is 0.625. The Hall–Kier alpha value is -1.09. The van der Waals surface area contributed by atoms with Crippen LogP contribution in [0.5, 0.6) is 0 Å². The molecule has 0 amide bonds. The molecule has 2 N–H and O–H groups in total. The van der Waals surface area contributed by atoms with Crippen LogP contribution in [-0.2, 0) is 0 Å². The summed E-state index contributed by atoms with van der Waals surface area (Å²) in [6.07, 6.45) is 3.52. The van der Waals surface area contributed by atoms with Crippen molar-refractivity contribution in [1.82, 2.24) is 0 Å². The van der Waals surface area contributed by atoms with Crippen LogP contribution in [0.3, 0.4) is 0 Å². The van der Waals surface area contributed by atoms with E-state index >= 15 is 0 Å². The topological polar surface area (TPSA) is 29.3 Å². The zero-order valence-electron chi connectivity index (χ0n) is 12.6. The Labute approximate surface area is 116 Å². The summed E-state index contributed by atoms with van der Waals surface area (Å²) in [5, 5.41) is 0. The van der Waals surface area contributed by atoms with E-state index in [9.17, 15) is 4.39 Å². The number of hydrogen-bond donors (Lipinski definition) is 1. The third-order valence-corrected chi connectivity index (χ3v) is 3.42. The fourth-order valence-electron chi connectivity index (χ4n) is 2.42. The quantitative estimate of drug-likeness (QED) is 0.747. The van der Waals surface area contributed by atoms with Gasteiger partial charge in [0.15, 0.2) is 0 Å². The second-order valence-corrected chi connectivity index (χ2v) is 5.46. The average molecular weight is 266 g/mol. The standard InChI is InChI=1S/C16H27FN2/c1-5-6-7-11-19(12(2)3)15-10-8-9-14(17)16(15)13(4)18/h8-10,12-13H,5-7,11,18H2,1-4H3/t13-/m0/s1. The predicted molar refractivity (Wildman–Crippen MR) is 81.0 cm³/mol. The van der Waals surface area contributed by atoms with Gasteiger partial charge in [-0.25, -0.2) is 4.39 Å². The molecule has 0 aromatic heterocycles. The lowest BCUT2D eigenvalue weighted by atomic mass is 10.0. The zero-order chi connectivity index (χ0) is 14.4. The van der Waals surface area contributed by atoms with Crippen molar-refractivity contribution in [3.05, 3.63) is 29.6 Å². The molecule has 0 aliphatic carbocycles.